The van der Waals surface area contributed by atoms with Crippen molar-refractivity contribution < 1.29 is 4.74 Å². The molecule has 3 rings (SSSR count). The molecule has 5 heteroatoms. The average Bonchev–Trinajstić information content (AvgIpc) is 2.63. The molecule has 0 radical (unpaired) electrons. The van der Waals surface area contributed by atoms with Crippen molar-refractivity contribution in [1.29, 1.82) is 0 Å². The Kier molecular flexibility index (Phi) is 6.17. The van der Waals surface area contributed by atoms with E-state index in [4.69, 9.17) is 16.3 Å². The van der Waals surface area contributed by atoms with E-state index in [1.54, 1.807) is 12.4 Å². The first kappa shape index (κ1) is 19.2. The number of hydrogen-bond acceptors (Lipinski definition) is 4. The van der Waals surface area contributed by atoms with Crippen LogP contribution in [0.1, 0.15) is 26.3 Å². The summed E-state index contributed by atoms with van der Waals surface area (Å²) in [5.74, 6) is 0.826. The van der Waals surface area contributed by atoms with Gasteiger partial charge in [-0.2, -0.15) is 0 Å². The third kappa shape index (κ3) is 5.19. The summed E-state index contributed by atoms with van der Waals surface area (Å²) in [5, 5.41) is 0.780. The number of pyridine rings is 1. The average molecular weight is 374 g/mol. The molecule has 2 aromatic rings. The highest BCUT2D eigenvalue weighted by atomic mass is 35.5. The van der Waals surface area contributed by atoms with Crippen LogP contribution >= 0.6 is 11.6 Å². The maximum atomic E-state index is 6.04. The summed E-state index contributed by atoms with van der Waals surface area (Å²) in [6.07, 6.45) is 3.54. The van der Waals surface area contributed by atoms with E-state index in [0.717, 1.165) is 37.0 Å². The lowest BCUT2D eigenvalue weighted by Gasteiger charge is -2.46. The Hall–Kier alpha value is -1.62. The highest BCUT2D eigenvalue weighted by molar-refractivity contribution is 6.30. The van der Waals surface area contributed by atoms with Gasteiger partial charge in [0.2, 0.25) is 0 Å². The molecule has 1 aromatic heterocycles. The second kappa shape index (κ2) is 8.38. The molecule has 0 N–H and O–H groups in total. The molecule has 1 unspecified atom stereocenters. The van der Waals surface area contributed by atoms with Crippen LogP contribution in [-0.2, 0) is 6.54 Å². The Balaban J connectivity index is 1.69. The van der Waals surface area contributed by atoms with Gasteiger partial charge in [-0.15, -0.1) is 0 Å². The van der Waals surface area contributed by atoms with E-state index in [1.807, 2.05) is 24.3 Å². The zero-order valence-electron chi connectivity index (χ0n) is 15.9. The molecular weight excluding hydrogens is 346 g/mol. The number of hydrogen-bond donors (Lipinski definition) is 0. The minimum absolute atomic E-state index is 0.166. The molecule has 0 bridgehead atoms. The molecule has 0 amide bonds. The minimum atomic E-state index is 0.166. The van der Waals surface area contributed by atoms with E-state index in [9.17, 15) is 0 Å². The highest BCUT2D eigenvalue weighted by Gasteiger charge is 2.32. The third-order valence-corrected chi connectivity index (χ3v) is 5.18. The number of nitrogens with zero attached hydrogens (tertiary/aromatic N) is 3. The SMILES string of the molecule is CC(C)(C)N1CCN(Cc2ccc(Cl)cc2)C(COc2cccnc2)C1. The van der Waals surface area contributed by atoms with Gasteiger partial charge >= 0.3 is 0 Å². The molecule has 4 nitrogen and oxygen atoms in total. The predicted molar refractivity (Wildman–Crippen MR) is 107 cm³/mol. The molecular formula is C21H28ClN3O. The zero-order valence-corrected chi connectivity index (χ0v) is 16.6. The van der Waals surface area contributed by atoms with Crippen molar-refractivity contribution in [2.45, 2.75) is 38.9 Å². The second-order valence-electron chi connectivity index (χ2n) is 7.87. The molecule has 1 saturated heterocycles. The lowest BCUT2D eigenvalue weighted by atomic mass is 10.0. The Morgan fingerprint density at radius 1 is 1.15 bits per heavy atom. The van der Waals surface area contributed by atoms with E-state index in [-0.39, 0.29) is 5.54 Å². The number of rotatable bonds is 5. The Labute approximate surface area is 161 Å². The maximum absolute atomic E-state index is 6.04. The Bertz CT molecular complexity index is 685. The normalized spacial score (nSPS) is 19.5. The van der Waals surface area contributed by atoms with Gasteiger partial charge in [0.25, 0.3) is 0 Å². The highest BCUT2D eigenvalue weighted by Crippen LogP contribution is 2.22. The van der Waals surface area contributed by atoms with Crippen molar-refractivity contribution in [2.24, 2.45) is 0 Å². The molecule has 0 aliphatic carbocycles. The van der Waals surface area contributed by atoms with Crippen LogP contribution in [-0.4, -0.2) is 52.6 Å². The molecule has 2 heterocycles. The van der Waals surface area contributed by atoms with Crippen LogP contribution in [0.3, 0.4) is 0 Å². The van der Waals surface area contributed by atoms with Gasteiger partial charge in [0.05, 0.1) is 12.2 Å². The molecule has 1 aliphatic rings. The van der Waals surface area contributed by atoms with Gasteiger partial charge in [0, 0.05) is 42.9 Å². The largest absolute Gasteiger partial charge is 0.490 e. The standard InChI is InChI=1S/C21H28ClN3O/c1-21(2,3)25-12-11-24(14-17-6-8-18(22)9-7-17)19(15-25)16-26-20-5-4-10-23-13-20/h4-10,13,19H,11-12,14-16H2,1-3H3. The van der Waals surface area contributed by atoms with E-state index >= 15 is 0 Å². The van der Waals surface area contributed by atoms with Crippen LogP contribution < -0.4 is 4.74 Å². The van der Waals surface area contributed by atoms with E-state index < -0.39 is 0 Å². The molecule has 140 valence electrons. The second-order valence-corrected chi connectivity index (χ2v) is 8.30. The van der Waals surface area contributed by atoms with Crippen molar-refractivity contribution >= 4 is 11.6 Å². The van der Waals surface area contributed by atoms with Crippen molar-refractivity contribution in [3.63, 3.8) is 0 Å². The number of benzene rings is 1. The van der Waals surface area contributed by atoms with Gasteiger partial charge in [0.1, 0.15) is 12.4 Å². The number of aromatic nitrogens is 1. The predicted octanol–water partition coefficient (Wildman–Crippen LogP) is 4.10. The van der Waals surface area contributed by atoms with Crippen molar-refractivity contribution in [1.82, 2.24) is 14.8 Å². The fraction of sp³-hybridized carbons (Fsp3) is 0.476. The van der Waals surface area contributed by atoms with E-state index in [2.05, 4.69) is 47.7 Å². The smallest absolute Gasteiger partial charge is 0.137 e. The first-order valence-corrected chi connectivity index (χ1v) is 9.56. The van der Waals surface area contributed by atoms with Gasteiger partial charge in [-0.25, -0.2) is 0 Å². The first-order chi connectivity index (χ1) is 12.4. The van der Waals surface area contributed by atoms with Crippen LogP contribution in [0.5, 0.6) is 5.75 Å². The maximum Gasteiger partial charge on any atom is 0.137 e. The summed E-state index contributed by atoms with van der Waals surface area (Å²) in [5.41, 5.74) is 1.45. The van der Waals surface area contributed by atoms with Gasteiger partial charge in [-0.05, 0) is 50.6 Å². The number of halogens is 1. The molecule has 1 atom stereocenters. The molecule has 1 fully saturated rings. The van der Waals surface area contributed by atoms with Gasteiger partial charge in [0.15, 0.2) is 0 Å². The Morgan fingerprint density at radius 3 is 2.58 bits per heavy atom. The number of piperazine rings is 1. The summed E-state index contributed by atoms with van der Waals surface area (Å²) in [6.45, 7) is 11.5. The summed E-state index contributed by atoms with van der Waals surface area (Å²) in [7, 11) is 0. The Morgan fingerprint density at radius 2 is 1.92 bits per heavy atom. The van der Waals surface area contributed by atoms with Gasteiger partial charge < -0.3 is 4.74 Å². The summed E-state index contributed by atoms with van der Waals surface area (Å²) in [6, 6.07) is 12.3. The summed E-state index contributed by atoms with van der Waals surface area (Å²) >= 11 is 6.02. The van der Waals surface area contributed by atoms with Crippen LogP contribution in [0.4, 0.5) is 0 Å². The van der Waals surface area contributed by atoms with E-state index in [0.29, 0.717) is 12.6 Å². The van der Waals surface area contributed by atoms with E-state index in [1.165, 1.54) is 5.56 Å². The monoisotopic (exact) mass is 373 g/mol. The third-order valence-electron chi connectivity index (χ3n) is 4.93. The zero-order chi connectivity index (χ0) is 18.6. The van der Waals surface area contributed by atoms with Crippen molar-refractivity contribution in [3.05, 3.63) is 59.4 Å². The van der Waals surface area contributed by atoms with Crippen LogP contribution in [0, 0.1) is 0 Å². The molecule has 0 saturated carbocycles. The van der Waals surface area contributed by atoms with Crippen molar-refractivity contribution in [2.75, 3.05) is 26.2 Å². The number of ether oxygens (including phenoxy) is 1. The lowest BCUT2D eigenvalue weighted by Crippen LogP contribution is -2.59. The first-order valence-electron chi connectivity index (χ1n) is 9.18. The molecule has 1 aliphatic heterocycles. The fourth-order valence-electron chi connectivity index (χ4n) is 3.32. The summed E-state index contributed by atoms with van der Waals surface area (Å²) < 4.78 is 6.04. The minimum Gasteiger partial charge on any atom is -0.490 e. The van der Waals surface area contributed by atoms with Crippen molar-refractivity contribution in [3.8, 4) is 5.75 Å². The summed E-state index contributed by atoms with van der Waals surface area (Å²) in [4.78, 5) is 9.20. The fourth-order valence-corrected chi connectivity index (χ4v) is 3.44. The molecule has 1 aromatic carbocycles. The van der Waals surface area contributed by atoms with Crippen LogP contribution in [0.2, 0.25) is 5.02 Å². The quantitative estimate of drug-likeness (QED) is 0.788. The van der Waals surface area contributed by atoms with Gasteiger partial charge in [-0.1, -0.05) is 23.7 Å². The molecule has 0 spiro atoms. The van der Waals surface area contributed by atoms with Crippen LogP contribution in [0.25, 0.3) is 0 Å². The lowest BCUT2D eigenvalue weighted by molar-refractivity contribution is 0.000779. The van der Waals surface area contributed by atoms with Gasteiger partial charge in [-0.3, -0.25) is 14.8 Å². The topological polar surface area (TPSA) is 28.6 Å². The van der Waals surface area contributed by atoms with Crippen LogP contribution in [0.15, 0.2) is 48.8 Å². The molecule has 26 heavy (non-hydrogen) atoms.